The summed E-state index contributed by atoms with van der Waals surface area (Å²) in [5.74, 6) is -1.19. The Bertz CT molecular complexity index is 1110. The second-order valence-corrected chi connectivity index (χ2v) is 8.52. The van der Waals surface area contributed by atoms with Crippen molar-refractivity contribution in [3.05, 3.63) is 93.5 Å². The van der Waals surface area contributed by atoms with Gasteiger partial charge in [-0.1, -0.05) is 76.6 Å². The first kappa shape index (κ1) is 21.1. The first-order valence-corrected chi connectivity index (χ1v) is 10.7. The van der Waals surface area contributed by atoms with E-state index >= 15 is 0 Å². The van der Waals surface area contributed by atoms with Gasteiger partial charge in [0.05, 0.1) is 0 Å². The van der Waals surface area contributed by atoms with Crippen LogP contribution in [0.3, 0.4) is 0 Å². The Labute approximate surface area is 189 Å². The molecular weight excluding hydrogens is 458 g/mol. The van der Waals surface area contributed by atoms with Crippen molar-refractivity contribution in [3.8, 4) is 11.1 Å². The van der Waals surface area contributed by atoms with Crippen molar-refractivity contribution in [3.63, 3.8) is 0 Å². The van der Waals surface area contributed by atoms with Crippen LogP contribution in [-0.2, 0) is 9.53 Å². The van der Waals surface area contributed by atoms with Gasteiger partial charge in [0.2, 0.25) is 0 Å². The van der Waals surface area contributed by atoms with Gasteiger partial charge in [-0.15, -0.1) is 0 Å². The van der Waals surface area contributed by atoms with E-state index < -0.39 is 18.1 Å². The molecule has 31 heavy (non-hydrogen) atoms. The van der Waals surface area contributed by atoms with Gasteiger partial charge in [0.1, 0.15) is 6.61 Å². The van der Waals surface area contributed by atoms with Crippen LogP contribution in [0.15, 0.2) is 71.2 Å². The van der Waals surface area contributed by atoms with E-state index in [1.54, 1.807) is 18.2 Å². The third kappa shape index (κ3) is 3.95. The molecule has 3 aromatic rings. The molecule has 3 aromatic carbocycles. The summed E-state index contributed by atoms with van der Waals surface area (Å²) >= 11 is 3.42. The number of likely N-dealkylation sites (N-methyl/N-ethyl adjacent to an activating group) is 1. The van der Waals surface area contributed by atoms with Crippen LogP contribution >= 0.6 is 15.9 Å². The Morgan fingerprint density at radius 1 is 1.03 bits per heavy atom. The van der Waals surface area contributed by atoms with Gasteiger partial charge in [0.15, 0.2) is 6.04 Å². The molecule has 1 atom stereocenters. The molecule has 158 valence electrons. The molecule has 0 bridgehead atoms. The van der Waals surface area contributed by atoms with Crippen LogP contribution in [0.25, 0.3) is 11.1 Å². The summed E-state index contributed by atoms with van der Waals surface area (Å²) in [4.78, 5) is 25.9. The zero-order chi connectivity index (χ0) is 22.1. The third-order valence-corrected chi connectivity index (χ3v) is 6.63. The Morgan fingerprint density at radius 3 is 2.16 bits per heavy atom. The first-order valence-electron chi connectivity index (χ1n) is 9.95. The number of fused-ring (bicyclic) bond motifs is 3. The van der Waals surface area contributed by atoms with E-state index in [0.717, 1.165) is 37.2 Å². The smallest absolute Gasteiger partial charge is 0.410 e. The van der Waals surface area contributed by atoms with Crippen LogP contribution in [-0.4, -0.2) is 35.7 Å². The van der Waals surface area contributed by atoms with Crippen molar-refractivity contribution in [2.24, 2.45) is 0 Å². The number of carbonyl (C=O) groups is 2. The van der Waals surface area contributed by atoms with Crippen LogP contribution in [0.4, 0.5) is 4.79 Å². The van der Waals surface area contributed by atoms with E-state index in [-0.39, 0.29) is 12.5 Å². The van der Waals surface area contributed by atoms with Crippen LogP contribution in [0, 0.1) is 6.92 Å². The number of ether oxygens (including phenoxy) is 1. The zero-order valence-corrected chi connectivity index (χ0v) is 18.8. The van der Waals surface area contributed by atoms with Crippen LogP contribution in [0.2, 0.25) is 0 Å². The highest BCUT2D eigenvalue weighted by atomic mass is 79.9. The predicted octanol–water partition coefficient (Wildman–Crippen LogP) is 5.76. The summed E-state index contributed by atoms with van der Waals surface area (Å²) in [7, 11) is 1.45. The molecule has 0 heterocycles. The first-order chi connectivity index (χ1) is 14.9. The molecule has 1 N–H and O–H groups in total. The molecule has 4 rings (SSSR count). The maximum Gasteiger partial charge on any atom is 0.410 e. The minimum atomic E-state index is -1.14. The molecule has 6 heteroatoms. The summed E-state index contributed by atoms with van der Waals surface area (Å²) in [6, 6.07) is 20.3. The summed E-state index contributed by atoms with van der Waals surface area (Å²) in [5, 5.41) is 9.79. The molecule has 0 radical (unpaired) electrons. The van der Waals surface area contributed by atoms with E-state index in [9.17, 15) is 14.7 Å². The van der Waals surface area contributed by atoms with Crippen molar-refractivity contribution >= 4 is 28.0 Å². The Kier molecular flexibility index (Phi) is 5.83. The standard InChI is InChI=1S/C25H22BrNO4/c1-15-13-16(11-12-22(15)26)23(24(28)29)27(2)25(30)31-14-21-19-9-5-3-7-17(19)18-8-4-6-10-20(18)21/h3-13,21,23H,14H2,1-2H3,(H,28,29). The molecule has 0 spiro atoms. The molecule has 1 aliphatic carbocycles. The second-order valence-electron chi connectivity index (χ2n) is 7.66. The normalized spacial score (nSPS) is 13.3. The van der Waals surface area contributed by atoms with Gasteiger partial charge in [-0.3, -0.25) is 4.90 Å². The number of aliphatic carboxylic acids is 1. The van der Waals surface area contributed by atoms with Crippen LogP contribution in [0.1, 0.15) is 34.2 Å². The molecule has 0 saturated heterocycles. The van der Waals surface area contributed by atoms with Gasteiger partial charge in [-0.2, -0.15) is 0 Å². The fourth-order valence-corrected chi connectivity index (χ4v) is 4.42. The molecule has 1 unspecified atom stereocenters. The average Bonchev–Trinajstić information content (AvgIpc) is 3.08. The van der Waals surface area contributed by atoms with Gasteiger partial charge < -0.3 is 9.84 Å². The number of hydrogen-bond acceptors (Lipinski definition) is 3. The number of aryl methyl sites for hydroxylation is 1. The molecule has 1 aliphatic rings. The van der Waals surface area contributed by atoms with E-state index in [1.165, 1.54) is 7.05 Å². The van der Waals surface area contributed by atoms with E-state index in [0.29, 0.717) is 5.56 Å². The summed E-state index contributed by atoms with van der Waals surface area (Å²) < 4.78 is 6.50. The highest BCUT2D eigenvalue weighted by Gasteiger charge is 2.32. The van der Waals surface area contributed by atoms with Crippen LogP contribution in [0.5, 0.6) is 0 Å². The number of carboxylic acid groups (broad SMARTS) is 1. The van der Waals surface area contributed by atoms with Crippen molar-refractivity contribution in [1.82, 2.24) is 4.90 Å². The Hall–Kier alpha value is -3.12. The minimum absolute atomic E-state index is 0.0806. The van der Waals surface area contributed by atoms with Gasteiger partial charge in [0, 0.05) is 17.4 Å². The highest BCUT2D eigenvalue weighted by molar-refractivity contribution is 9.10. The quantitative estimate of drug-likeness (QED) is 0.504. The number of amides is 1. The number of hydrogen-bond donors (Lipinski definition) is 1. The van der Waals surface area contributed by atoms with Crippen molar-refractivity contribution in [1.29, 1.82) is 0 Å². The minimum Gasteiger partial charge on any atom is -0.479 e. The largest absolute Gasteiger partial charge is 0.479 e. The molecular formula is C25H22BrNO4. The fraction of sp³-hybridized carbons (Fsp3) is 0.200. The molecule has 0 aliphatic heterocycles. The number of rotatable bonds is 5. The zero-order valence-electron chi connectivity index (χ0n) is 17.2. The van der Waals surface area contributed by atoms with Crippen molar-refractivity contribution in [2.75, 3.05) is 13.7 Å². The lowest BCUT2D eigenvalue weighted by molar-refractivity contribution is -0.142. The van der Waals surface area contributed by atoms with Gasteiger partial charge >= 0.3 is 12.1 Å². The monoisotopic (exact) mass is 479 g/mol. The van der Waals surface area contributed by atoms with E-state index in [4.69, 9.17) is 4.74 Å². The Balaban J connectivity index is 1.54. The fourth-order valence-electron chi connectivity index (χ4n) is 4.17. The number of benzene rings is 3. The topological polar surface area (TPSA) is 66.8 Å². The highest BCUT2D eigenvalue weighted by Crippen LogP contribution is 2.44. The van der Waals surface area contributed by atoms with Crippen molar-refractivity contribution < 1.29 is 19.4 Å². The molecule has 5 nitrogen and oxygen atoms in total. The summed E-state index contributed by atoms with van der Waals surface area (Å²) in [6.45, 7) is 2.02. The number of carbonyl (C=O) groups excluding carboxylic acids is 1. The molecule has 1 amide bonds. The maximum absolute atomic E-state index is 12.8. The van der Waals surface area contributed by atoms with Gasteiger partial charge in [-0.05, 0) is 46.4 Å². The van der Waals surface area contributed by atoms with Crippen molar-refractivity contribution in [2.45, 2.75) is 18.9 Å². The average molecular weight is 480 g/mol. The summed E-state index contributed by atoms with van der Waals surface area (Å²) in [6.07, 6.45) is -0.671. The Morgan fingerprint density at radius 2 is 1.61 bits per heavy atom. The van der Waals surface area contributed by atoms with Gasteiger partial charge in [-0.25, -0.2) is 9.59 Å². The summed E-state index contributed by atoms with van der Waals surface area (Å²) in [5.41, 5.74) is 5.91. The lowest BCUT2D eigenvalue weighted by Gasteiger charge is -2.26. The number of halogens is 1. The second kappa shape index (κ2) is 8.55. The molecule has 0 aromatic heterocycles. The predicted molar refractivity (Wildman–Crippen MR) is 122 cm³/mol. The molecule has 0 saturated carbocycles. The van der Waals surface area contributed by atoms with E-state index in [1.807, 2.05) is 43.3 Å². The lowest BCUT2D eigenvalue weighted by atomic mass is 9.98. The maximum atomic E-state index is 12.8. The van der Waals surface area contributed by atoms with Crippen LogP contribution < -0.4 is 0 Å². The third-order valence-electron chi connectivity index (χ3n) is 5.74. The number of carboxylic acids is 1. The SMILES string of the molecule is Cc1cc(C(C(=O)O)N(C)C(=O)OCC2c3ccccc3-c3ccccc32)ccc1Br. The lowest BCUT2D eigenvalue weighted by Crippen LogP contribution is -2.36. The van der Waals surface area contributed by atoms with Gasteiger partial charge in [0.25, 0.3) is 0 Å². The molecule has 0 fully saturated rings. The number of nitrogens with zero attached hydrogens (tertiary/aromatic N) is 1. The van der Waals surface area contributed by atoms with E-state index in [2.05, 4.69) is 28.1 Å².